The van der Waals surface area contributed by atoms with Crippen molar-refractivity contribution in [1.82, 2.24) is 4.90 Å². The number of likely N-dealkylation sites (tertiary alicyclic amines) is 1. The van der Waals surface area contributed by atoms with Gasteiger partial charge in [0.15, 0.2) is 11.5 Å². The van der Waals surface area contributed by atoms with Crippen molar-refractivity contribution in [3.05, 3.63) is 53.1 Å². The molecular weight excluding hydrogens is 348 g/mol. The molecule has 1 aliphatic heterocycles. The van der Waals surface area contributed by atoms with E-state index in [0.717, 1.165) is 18.4 Å². The molecule has 0 radical (unpaired) electrons. The monoisotopic (exact) mass is 372 g/mol. The second kappa shape index (κ2) is 8.01. The van der Waals surface area contributed by atoms with Crippen LogP contribution in [0.5, 0.6) is 11.5 Å². The molecule has 0 aromatic heterocycles. The Balaban J connectivity index is 1.70. The van der Waals surface area contributed by atoms with E-state index in [1.807, 2.05) is 17.0 Å². The van der Waals surface area contributed by atoms with Crippen molar-refractivity contribution in [3.8, 4) is 11.5 Å². The van der Waals surface area contributed by atoms with Crippen molar-refractivity contribution in [3.63, 3.8) is 0 Å². The number of benzene rings is 2. The molecule has 0 spiro atoms. The van der Waals surface area contributed by atoms with Gasteiger partial charge >= 0.3 is 0 Å². The van der Waals surface area contributed by atoms with Gasteiger partial charge in [0.2, 0.25) is 0 Å². The summed E-state index contributed by atoms with van der Waals surface area (Å²) < 4.78 is 0. The molecule has 0 atom stereocenters. The zero-order valence-electron chi connectivity index (χ0n) is 14.8. The molecule has 2 aromatic rings. The topological polar surface area (TPSA) is 86.8 Å². The van der Waals surface area contributed by atoms with Crippen molar-refractivity contribution in [1.29, 1.82) is 0 Å². The SMILES string of the molecule is CSc1cc(C(=O)N2CCC(c3cccc(CN)c3)CC2)cc(O)c1O. The molecule has 3 rings (SSSR count). The quantitative estimate of drug-likeness (QED) is 0.566. The van der Waals surface area contributed by atoms with Gasteiger partial charge in [0, 0.05) is 25.2 Å². The average Bonchev–Trinajstić information content (AvgIpc) is 2.69. The molecule has 0 saturated carbocycles. The summed E-state index contributed by atoms with van der Waals surface area (Å²) >= 11 is 1.30. The molecule has 2 aromatic carbocycles. The molecule has 0 unspecified atom stereocenters. The van der Waals surface area contributed by atoms with E-state index in [2.05, 4.69) is 12.1 Å². The van der Waals surface area contributed by atoms with Gasteiger partial charge in [-0.1, -0.05) is 24.3 Å². The number of phenolic OH excluding ortho intramolecular Hbond substituents is 2. The van der Waals surface area contributed by atoms with Gasteiger partial charge in [0.05, 0.1) is 4.90 Å². The summed E-state index contributed by atoms with van der Waals surface area (Å²) in [7, 11) is 0. The highest BCUT2D eigenvalue weighted by atomic mass is 32.2. The van der Waals surface area contributed by atoms with E-state index in [4.69, 9.17) is 5.73 Å². The third-order valence-electron chi connectivity index (χ3n) is 4.96. The Morgan fingerprint density at radius 1 is 1.23 bits per heavy atom. The number of nitrogens with zero attached hydrogens (tertiary/aromatic N) is 1. The van der Waals surface area contributed by atoms with Gasteiger partial charge in [0.1, 0.15) is 0 Å². The summed E-state index contributed by atoms with van der Waals surface area (Å²) in [5, 5.41) is 19.7. The molecule has 1 aliphatic rings. The minimum absolute atomic E-state index is 0.107. The average molecular weight is 372 g/mol. The lowest BCUT2D eigenvalue weighted by Gasteiger charge is -2.32. The Hall–Kier alpha value is -2.18. The number of piperidine rings is 1. The fraction of sp³-hybridized carbons (Fsp3) is 0.350. The zero-order chi connectivity index (χ0) is 18.7. The molecule has 26 heavy (non-hydrogen) atoms. The van der Waals surface area contributed by atoms with Crippen LogP contribution in [0.15, 0.2) is 41.3 Å². The van der Waals surface area contributed by atoms with Gasteiger partial charge in [-0.15, -0.1) is 11.8 Å². The van der Waals surface area contributed by atoms with E-state index in [0.29, 0.717) is 36.0 Å². The molecule has 1 amide bonds. The highest BCUT2D eigenvalue weighted by Crippen LogP contribution is 2.37. The number of aromatic hydroxyl groups is 2. The van der Waals surface area contributed by atoms with Gasteiger partial charge in [-0.05, 0) is 48.3 Å². The lowest BCUT2D eigenvalue weighted by Crippen LogP contribution is -2.37. The Labute approximate surface area is 157 Å². The molecular formula is C20H24N2O3S. The van der Waals surface area contributed by atoms with Crippen LogP contribution >= 0.6 is 11.8 Å². The van der Waals surface area contributed by atoms with Crippen LogP contribution in [0.4, 0.5) is 0 Å². The molecule has 0 bridgehead atoms. The lowest BCUT2D eigenvalue weighted by molar-refractivity contribution is 0.0712. The summed E-state index contributed by atoms with van der Waals surface area (Å²) in [6.45, 7) is 1.88. The molecule has 1 heterocycles. The first-order chi connectivity index (χ1) is 12.5. The molecule has 5 nitrogen and oxygen atoms in total. The Kier molecular flexibility index (Phi) is 5.74. The Morgan fingerprint density at radius 2 is 1.96 bits per heavy atom. The number of nitrogens with two attached hydrogens (primary N) is 1. The van der Waals surface area contributed by atoms with Crippen molar-refractivity contribution in [2.45, 2.75) is 30.2 Å². The fourth-order valence-corrected chi connectivity index (χ4v) is 3.99. The van der Waals surface area contributed by atoms with E-state index in [1.54, 1.807) is 12.3 Å². The van der Waals surface area contributed by atoms with Crippen molar-refractivity contribution in [2.75, 3.05) is 19.3 Å². The smallest absolute Gasteiger partial charge is 0.254 e. The van der Waals surface area contributed by atoms with Gasteiger partial charge in [-0.2, -0.15) is 0 Å². The van der Waals surface area contributed by atoms with Crippen LogP contribution in [-0.2, 0) is 6.54 Å². The first kappa shape index (κ1) is 18.6. The maximum absolute atomic E-state index is 12.8. The number of amides is 1. The van der Waals surface area contributed by atoms with Gasteiger partial charge in [-0.3, -0.25) is 4.79 Å². The molecule has 1 fully saturated rings. The van der Waals surface area contributed by atoms with E-state index in [9.17, 15) is 15.0 Å². The van der Waals surface area contributed by atoms with Crippen LogP contribution in [-0.4, -0.2) is 40.4 Å². The molecule has 1 saturated heterocycles. The minimum atomic E-state index is -0.256. The number of rotatable bonds is 4. The van der Waals surface area contributed by atoms with E-state index >= 15 is 0 Å². The normalized spacial score (nSPS) is 15.2. The number of carbonyl (C=O) groups is 1. The van der Waals surface area contributed by atoms with Crippen molar-refractivity contribution in [2.24, 2.45) is 5.73 Å². The van der Waals surface area contributed by atoms with Crippen LogP contribution in [0.2, 0.25) is 0 Å². The maximum Gasteiger partial charge on any atom is 0.254 e. The number of phenols is 2. The lowest BCUT2D eigenvalue weighted by atomic mass is 9.88. The van der Waals surface area contributed by atoms with Crippen molar-refractivity contribution >= 4 is 17.7 Å². The number of hydrogen-bond acceptors (Lipinski definition) is 5. The maximum atomic E-state index is 12.8. The second-order valence-corrected chi connectivity index (χ2v) is 7.41. The van der Waals surface area contributed by atoms with Crippen LogP contribution in [0.1, 0.15) is 40.2 Å². The van der Waals surface area contributed by atoms with Gasteiger partial charge < -0.3 is 20.8 Å². The molecule has 138 valence electrons. The standard InChI is InChI=1S/C20H24N2O3S/c1-26-18-11-16(10-17(23)19(18)24)20(25)22-7-5-14(6-8-22)15-4-2-3-13(9-15)12-21/h2-4,9-11,14,23-24H,5-8,12,21H2,1H3. The first-order valence-electron chi connectivity index (χ1n) is 8.71. The fourth-order valence-electron chi connectivity index (χ4n) is 3.44. The predicted octanol–water partition coefficient (Wildman–Crippen LogP) is 3.30. The third-order valence-corrected chi connectivity index (χ3v) is 5.71. The number of hydrogen-bond donors (Lipinski definition) is 3. The Bertz CT molecular complexity index is 802. The molecule has 6 heteroatoms. The highest BCUT2D eigenvalue weighted by Gasteiger charge is 2.25. The van der Waals surface area contributed by atoms with Gasteiger partial charge in [-0.25, -0.2) is 0 Å². The summed E-state index contributed by atoms with van der Waals surface area (Å²) in [5.74, 6) is -0.105. The summed E-state index contributed by atoms with van der Waals surface area (Å²) in [4.78, 5) is 15.1. The Morgan fingerprint density at radius 3 is 2.62 bits per heavy atom. The second-order valence-electron chi connectivity index (χ2n) is 6.56. The first-order valence-corrected chi connectivity index (χ1v) is 9.94. The predicted molar refractivity (Wildman–Crippen MR) is 104 cm³/mol. The van der Waals surface area contributed by atoms with E-state index < -0.39 is 0 Å². The zero-order valence-corrected chi connectivity index (χ0v) is 15.6. The summed E-state index contributed by atoms with van der Waals surface area (Å²) in [6, 6.07) is 11.3. The summed E-state index contributed by atoms with van der Waals surface area (Å²) in [5.41, 5.74) is 8.55. The van der Waals surface area contributed by atoms with Crippen LogP contribution in [0, 0.1) is 0 Å². The minimum Gasteiger partial charge on any atom is -0.504 e. The van der Waals surface area contributed by atoms with Crippen molar-refractivity contribution < 1.29 is 15.0 Å². The molecule has 0 aliphatic carbocycles. The third kappa shape index (κ3) is 3.81. The number of carbonyl (C=O) groups excluding carboxylic acids is 1. The summed E-state index contributed by atoms with van der Waals surface area (Å²) in [6.07, 6.45) is 3.60. The van der Waals surface area contributed by atoms with E-state index in [-0.39, 0.29) is 17.4 Å². The van der Waals surface area contributed by atoms with E-state index in [1.165, 1.54) is 23.4 Å². The van der Waals surface area contributed by atoms with Gasteiger partial charge in [0.25, 0.3) is 5.91 Å². The molecule has 4 N–H and O–H groups in total. The largest absolute Gasteiger partial charge is 0.504 e. The van der Waals surface area contributed by atoms with Crippen LogP contribution in [0.3, 0.4) is 0 Å². The number of thioether (sulfide) groups is 1. The highest BCUT2D eigenvalue weighted by molar-refractivity contribution is 7.98. The van der Waals surface area contributed by atoms with Crippen LogP contribution in [0.25, 0.3) is 0 Å². The van der Waals surface area contributed by atoms with Crippen LogP contribution < -0.4 is 5.73 Å².